The lowest BCUT2D eigenvalue weighted by Gasteiger charge is -2.21. The van der Waals surface area contributed by atoms with Gasteiger partial charge in [0.1, 0.15) is 5.75 Å². The highest BCUT2D eigenvalue weighted by molar-refractivity contribution is 5.75. The molecule has 1 aromatic rings. The summed E-state index contributed by atoms with van der Waals surface area (Å²) in [5.41, 5.74) is 3.74. The summed E-state index contributed by atoms with van der Waals surface area (Å²) in [6.45, 7) is 6.42. The molecule has 2 rings (SSSR count). The van der Waals surface area contributed by atoms with Gasteiger partial charge in [0.25, 0.3) is 0 Å². The van der Waals surface area contributed by atoms with Gasteiger partial charge in [-0.3, -0.25) is 4.79 Å². The van der Waals surface area contributed by atoms with E-state index in [9.17, 15) is 4.79 Å². The maximum absolute atomic E-state index is 11.6. The summed E-state index contributed by atoms with van der Waals surface area (Å²) in [6.07, 6.45) is 3.06. The van der Waals surface area contributed by atoms with Gasteiger partial charge in [0, 0.05) is 0 Å². The topological polar surface area (TPSA) is 35.5 Å². The minimum absolute atomic E-state index is 0.0535. The van der Waals surface area contributed by atoms with E-state index in [-0.39, 0.29) is 11.9 Å². The molecule has 1 aliphatic carbocycles. The summed E-state index contributed by atoms with van der Waals surface area (Å²) in [7, 11) is 3.21. The van der Waals surface area contributed by atoms with Crippen molar-refractivity contribution in [2.45, 2.75) is 46.0 Å². The highest BCUT2D eigenvalue weighted by atomic mass is 16.5. The summed E-state index contributed by atoms with van der Waals surface area (Å²) in [4.78, 5) is 11.6. The summed E-state index contributed by atoms with van der Waals surface area (Å²) >= 11 is 0. The van der Waals surface area contributed by atoms with Gasteiger partial charge in [-0.25, -0.2) is 0 Å². The molecular formula is C18H26O3. The lowest BCUT2D eigenvalue weighted by Crippen LogP contribution is -2.08. The fourth-order valence-electron chi connectivity index (χ4n) is 3.40. The number of carbonyl (C=O) groups is 1. The average Bonchev–Trinajstić information content (AvgIpc) is 3.22. The molecule has 1 aliphatic rings. The van der Waals surface area contributed by atoms with E-state index in [1.54, 1.807) is 7.11 Å². The highest BCUT2D eigenvalue weighted by Gasteiger charge is 2.44. The third-order valence-electron chi connectivity index (χ3n) is 4.60. The standard InChI is InChI=1S/C18H26O3/c1-6-13(9-14-10-16(14)18(19)21-5)15-8-11(2)7-12(3)17(15)20-4/h7-8,13-14,16H,6,9-10H2,1-5H3. The fourth-order valence-corrected chi connectivity index (χ4v) is 3.40. The van der Waals surface area contributed by atoms with Crippen molar-refractivity contribution < 1.29 is 14.3 Å². The summed E-state index contributed by atoms with van der Waals surface area (Å²) in [5, 5.41) is 0. The number of benzene rings is 1. The molecule has 0 saturated heterocycles. The van der Waals surface area contributed by atoms with Crippen molar-refractivity contribution in [3.63, 3.8) is 0 Å². The highest BCUT2D eigenvalue weighted by Crippen LogP contribution is 2.48. The number of hydrogen-bond donors (Lipinski definition) is 0. The molecule has 21 heavy (non-hydrogen) atoms. The Bertz CT molecular complexity index is 521. The van der Waals surface area contributed by atoms with Gasteiger partial charge in [-0.05, 0) is 56.1 Å². The van der Waals surface area contributed by atoms with Crippen LogP contribution in [0.4, 0.5) is 0 Å². The lowest BCUT2D eigenvalue weighted by atomic mass is 9.87. The molecule has 0 amide bonds. The first kappa shape index (κ1) is 15.9. The Kier molecular flexibility index (Phi) is 4.92. The van der Waals surface area contributed by atoms with E-state index in [4.69, 9.17) is 9.47 Å². The maximum atomic E-state index is 11.6. The molecule has 1 aromatic carbocycles. The van der Waals surface area contributed by atoms with Gasteiger partial charge in [-0.15, -0.1) is 0 Å². The van der Waals surface area contributed by atoms with Crippen molar-refractivity contribution in [2.24, 2.45) is 11.8 Å². The molecule has 0 spiro atoms. The molecule has 0 radical (unpaired) electrons. The van der Waals surface area contributed by atoms with Crippen LogP contribution in [0, 0.1) is 25.7 Å². The fraction of sp³-hybridized carbons (Fsp3) is 0.611. The molecule has 116 valence electrons. The van der Waals surface area contributed by atoms with Crippen LogP contribution in [0.5, 0.6) is 5.75 Å². The van der Waals surface area contributed by atoms with Crippen molar-refractivity contribution in [3.8, 4) is 5.75 Å². The number of methoxy groups -OCH3 is 2. The van der Waals surface area contributed by atoms with Crippen LogP contribution in [0.1, 0.15) is 48.8 Å². The third kappa shape index (κ3) is 3.39. The van der Waals surface area contributed by atoms with Crippen LogP contribution in [0.25, 0.3) is 0 Å². The Morgan fingerprint density at radius 3 is 2.62 bits per heavy atom. The van der Waals surface area contributed by atoms with Crippen LogP contribution in [0.2, 0.25) is 0 Å². The summed E-state index contributed by atoms with van der Waals surface area (Å²) in [6, 6.07) is 4.39. The molecule has 0 aliphatic heterocycles. The number of esters is 1. The second-order valence-electron chi connectivity index (χ2n) is 6.17. The molecule has 3 atom stereocenters. The van der Waals surface area contributed by atoms with Crippen molar-refractivity contribution in [1.82, 2.24) is 0 Å². The molecule has 0 bridgehead atoms. The van der Waals surface area contributed by atoms with Crippen molar-refractivity contribution in [3.05, 3.63) is 28.8 Å². The van der Waals surface area contributed by atoms with Gasteiger partial charge in [-0.1, -0.05) is 24.6 Å². The van der Waals surface area contributed by atoms with Gasteiger partial charge in [0.15, 0.2) is 0 Å². The van der Waals surface area contributed by atoms with E-state index in [1.807, 2.05) is 0 Å². The molecule has 1 fully saturated rings. The first-order chi connectivity index (χ1) is 10.0. The molecule has 1 saturated carbocycles. The first-order valence-electron chi connectivity index (χ1n) is 7.74. The smallest absolute Gasteiger partial charge is 0.308 e. The number of aryl methyl sites for hydroxylation is 2. The van der Waals surface area contributed by atoms with E-state index in [0.29, 0.717) is 11.8 Å². The number of rotatable bonds is 6. The van der Waals surface area contributed by atoms with Crippen LogP contribution < -0.4 is 4.74 Å². The number of carbonyl (C=O) groups excluding carboxylic acids is 1. The second kappa shape index (κ2) is 6.50. The molecule has 0 heterocycles. The first-order valence-corrected chi connectivity index (χ1v) is 7.74. The van der Waals surface area contributed by atoms with Gasteiger partial charge >= 0.3 is 5.97 Å². The molecule has 3 unspecified atom stereocenters. The third-order valence-corrected chi connectivity index (χ3v) is 4.60. The molecular weight excluding hydrogens is 264 g/mol. The monoisotopic (exact) mass is 290 g/mol. The minimum atomic E-state index is -0.0535. The quantitative estimate of drug-likeness (QED) is 0.743. The van der Waals surface area contributed by atoms with Gasteiger partial charge in [0.05, 0.1) is 20.1 Å². The normalized spacial score (nSPS) is 21.8. The Balaban J connectivity index is 2.17. The number of hydrogen-bond acceptors (Lipinski definition) is 3. The van der Waals surface area contributed by atoms with E-state index >= 15 is 0 Å². The van der Waals surface area contributed by atoms with E-state index < -0.39 is 0 Å². The summed E-state index contributed by atoms with van der Waals surface area (Å²) in [5.74, 6) is 1.97. The van der Waals surface area contributed by atoms with Gasteiger partial charge < -0.3 is 9.47 Å². The zero-order valence-electron chi connectivity index (χ0n) is 13.7. The van der Waals surface area contributed by atoms with Gasteiger partial charge in [-0.2, -0.15) is 0 Å². The van der Waals surface area contributed by atoms with Crippen molar-refractivity contribution in [1.29, 1.82) is 0 Å². The predicted molar refractivity (Wildman–Crippen MR) is 83.7 cm³/mol. The predicted octanol–water partition coefficient (Wildman–Crippen LogP) is 4.00. The van der Waals surface area contributed by atoms with Crippen LogP contribution in [0.3, 0.4) is 0 Å². The largest absolute Gasteiger partial charge is 0.496 e. The van der Waals surface area contributed by atoms with Gasteiger partial charge in [0.2, 0.25) is 0 Å². The molecule has 3 heteroatoms. The lowest BCUT2D eigenvalue weighted by molar-refractivity contribution is -0.142. The van der Waals surface area contributed by atoms with Crippen LogP contribution in [0.15, 0.2) is 12.1 Å². The van der Waals surface area contributed by atoms with Crippen molar-refractivity contribution >= 4 is 5.97 Å². The molecule has 0 aromatic heterocycles. The Morgan fingerprint density at radius 1 is 1.33 bits per heavy atom. The molecule has 3 nitrogen and oxygen atoms in total. The average molecular weight is 290 g/mol. The van der Waals surface area contributed by atoms with Crippen LogP contribution in [-0.2, 0) is 9.53 Å². The zero-order valence-corrected chi connectivity index (χ0v) is 13.7. The van der Waals surface area contributed by atoms with E-state index in [0.717, 1.165) is 25.0 Å². The minimum Gasteiger partial charge on any atom is -0.496 e. The van der Waals surface area contributed by atoms with Crippen molar-refractivity contribution in [2.75, 3.05) is 14.2 Å². The Hall–Kier alpha value is -1.51. The van der Waals surface area contributed by atoms with Crippen LogP contribution >= 0.6 is 0 Å². The zero-order chi connectivity index (χ0) is 15.6. The van der Waals surface area contributed by atoms with E-state index in [2.05, 4.69) is 32.9 Å². The van der Waals surface area contributed by atoms with Crippen LogP contribution in [-0.4, -0.2) is 20.2 Å². The SMILES string of the molecule is CCC(CC1CC1C(=O)OC)c1cc(C)cc(C)c1OC. The summed E-state index contributed by atoms with van der Waals surface area (Å²) < 4.78 is 10.5. The maximum Gasteiger partial charge on any atom is 0.308 e. The Morgan fingerprint density at radius 2 is 2.05 bits per heavy atom. The number of ether oxygens (including phenoxy) is 2. The second-order valence-corrected chi connectivity index (χ2v) is 6.17. The van der Waals surface area contributed by atoms with E-state index in [1.165, 1.54) is 23.8 Å². The Labute approximate surface area is 127 Å². The molecule has 0 N–H and O–H groups in total.